The highest BCUT2D eigenvalue weighted by Crippen LogP contribution is 2.43. The molecule has 1 aliphatic rings. The lowest BCUT2D eigenvalue weighted by Crippen LogP contribution is -2.30. The van der Waals surface area contributed by atoms with Gasteiger partial charge in [0.05, 0.1) is 25.3 Å². The number of carbonyl (C=O) groups is 2. The fourth-order valence-electron chi connectivity index (χ4n) is 4.56. The Hall–Kier alpha value is -3.48. The average molecular weight is 496 g/mol. The Balaban J connectivity index is 2.21. The van der Waals surface area contributed by atoms with E-state index >= 15 is 0 Å². The Morgan fingerprint density at radius 2 is 1.75 bits per heavy atom. The molecule has 2 N–H and O–H groups in total. The molecule has 1 amide bonds. The number of methoxy groups -OCH3 is 1. The third kappa shape index (κ3) is 5.35. The van der Waals surface area contributed by atoms with Crippen LogP contribution in [0, 0.1) is 0 Å². The second-order valence-corrected chi connectivity index (χ2v) is 10.0. The molecule has 0 radical (unpaired) electrons. The van der Waals surface area contributed by atoms with E-state index in [1.54, 1.807) is 44.4 Å². The normalized spacial score (nSPS) is 17.5. The van der Waals surface area contributed by atoms with Crippen LogP contribution < -0.4 is 9.47 Å². The number of Topliss-reactive ketones (excluding diaryl/α,β-unsaturated/α-hetero) is 1. The Morgan fingerprint density at radius 3 is 2.36 bits per heavy atom. The first kappa shape index (κ1) is 27.1. The first-order chi connectivity index (χ1) is 17.0. The molecule has 3 rings (SSSR count). The van der Waals surface area contributed by atoms with Gasteiger partial charge in [-0.15, -0.1) is 0 Å². The summed E-state index contributed by atoms with van der Waals surface area (Å²) in [6.45, 7) is 10.7. The van der Waals surface area contributed by atoms with Gasteiger partial charge in [-0.3, -0.25) is 9.59 Å². The van der Waals surface area contributed by atoms with Crippen molar-refractivity contribution in [2.24, 2.45) is 0 Å². The van der Waals surface area contributed by atoms with Crippen molar-refractivity contribution in [2.45, 2.75) is 65.3 Å². The fraction of sp³-hybridized carbons (Fsp3) is 0.448. The summed E-state index contributed by atoms with van der Waals surface area (Å²) in [5.41, 5.74) is 1.62. The monoisotopic (exact) mass is 495 g/mol. The maximum absolute atomic E-state index is 13.3. The average Bonchev–Trinajstić information content (AvgIpc) is 3.09. The molecule has 0 saturated carbocycles. The number of aromatic hydroxyl groups is 1. The van der Waals surface area contributed by atoms with E-state index in [9.17, 15) is 19.8 Å². The molecule has 2 aromatic carbocycles. The minimum atomic E-state index is -0.804. The van der Waals surface area contributed by atoms with Gasteiger partial charge in [0, 0.05) is 17.7 Å². The molecule has 1 atom stereocenters. The summed E-state index contributed by atoms with van der Waals surface area (Å²) in [5, 5.41) is 21.7. The largest absolute Gasteiger partial charge is 0.507 e. The minimum absolute atomic E-state index is 0.0228. The van der Waals surface area contributed by atoms with E-state index in [0.717, 1.165) is 24.8 Å². The Morgan fingerprint density at radius 1 is 1.03 bits per heavy atom. The molecule has 194 valence electrons. The van der Waals surface area contributed by atoms with E-state index in [1.807, 2.05) is 20.8 Å². The van der Waals surface area contributed by atoms with Crippen molar-refractivity contribution < 1.29 is 29.3 Å². The van der Waals surface area contributed by atoms with E-state index in [-0.39, 0.29) is 28.2 Å². The summed E-state index contributed by atoms with van der Waals surface area (Å²) in [6, 6.07) is 9.22. The van der Waals surface area contributed by atoms with Gasteiger partial charge in [0.2, 0.25) is 0 Å². The molecule has 0 aromatic heterocycles. The van der Waals surface area contributed by atoms with Gasteiger partial charge in [-0.2, -0.15) is 0 Å². The molecule has 1 aliphatic heterocycles. The number of likely N-dealkylation sites (tertiary alicyclic amines) is 1. The Bertz CT molecular complexity index is 1160. The van der Waals surface area contributed by atoms with Crippen LogP contribution in [-0.4, -0.2) is 47.1 Å². The van der Waals surface area contributed by atoms with Crippen LogP contribution in [0.5, 0.6) is 17.2 Å². The quantitative estimate of drug-likeness (QED) is 0.200. The molecule has 0 bridgehead atoms. The molecule has 1 saturated heterocycles. The number of carbonyl (C=O) groups excluding carboxylic acids is 2. The third-order valence-corrected chi connectivity index (χ3v) is 6.42. The van der Waals surface area contributed by atoms with Gasteiger partial charge in [0.1, 0.15) is 11.5 Å². The zero-order chi connectivity index (χ0) is 26.6. The highest BCUT2D eigenvalue weighted by Gasteiger charge is 2.46. The smallest absolute Gasteiger partial charge is 0.295 e. The van der Waals surface area contributed by atoms with Gasteiger partial charge >= 0.3 is 0 Å². The van der Waals surface area contributed by atoms with Crippen LogP contribution in [0.4, 0.5) is 0 Å². The summed E-state index contributed by atoms with van der Waals surface area (Å²) in [7, 11) is 1.59. The standard InChI is InChI=1S/C29H37NO6/c1-7-9-10-15-30-25(18-11-13-21(31)23(17-18)36-8-2)24(27(33)28(30)34)26(32)19-12-14-22(35-6)20(16-19)29(3,4)5/h11-14,16-17,25,31-32H,7-10,15H2,1-6H3/b26-24+. The van der Waals surface area contributed by atoms with Crippen molar-refractivity contribution in [2.75, 3.05) is 20.3 Å². The predicted molar refractivity (Wildman–Crippen MR) is 140 cm³/mol. The number of phenols is 1. The SMILES string of the molecule is CCCCCN1C(=O)C(=O)/C(=C(/O)c2ccc(OC)c(C(C)(C)C)c2)C1c1ccc(O)c(OCC)c1. The zero-order valence-corrected chi connectivity index (χ0v) is 22.1. The number of phenolic OH excluding ortho intramolecular Hbond substituents is 1. The van der Waals surface area contributed by atoms with Crippen molar-refractivity contribution in [1.82, 2.24) is 4.90 Å². The van der Waals surface area contributed by atoms with E-state index in [2.05, 4.69) is 6.92 Å². The Kier molecular flexibility index (Phi) is 8.33. The first-order valence-corrected chi connectivity index (χ1v) is 12.5. The molecule has 36 heavy (non-hydrogen) atoms. The summed E-state index contributed by atoms with van der Waals surface area (Å²) >= 11 is 0. The van der Waals surface area contributed by atoms with Crippen molar-refractivity contribution in [3.8, 4) is 17.2 Å². The van der Waals surface area contributed by atoms with Gasteiger partial charge < -0.3 is 24.6 Å². The van der Waals surface area contributed by atoms with Crippen molar-refractivity contribution in [3.63, 3.8) is 0 Å². The lowest BCUT2D eigenvalue weighted by atomic mass is 9.84. The third-order valence-electron chi connectivity index (χ3n) is 6.42. The first-order valence-electron chi connectivity index (χ1n) is 12.5. The molecule has 2 aromatic rings. The lowest BCUT2D eigenvalue weighted by Gasteiger charge is -2.26. The predicted octanol–water partition coefficient (Wildman–Crippen LogP) is 5.71. The number of aliphatic hydroxyl groups excluding tert-OH is 1. The number of rotatable bonds is 9. The number of amides is 1. The van der Waals surface area contributed by atoms with Crippen LogP contribution in [-0.2, 0) is 15.0 Å². The zero-order valence-electron chi connectivity index (χ0n) is 22.1. The molecule has 7 nitrogen and oxygen atoms in total. The molecule has 0 aliphatic carbocycles. The van der Waals surface area contributed by atoms with Crippen molar-refractivity contribution >= 4 is 17.4 Å². The number of unbranched alkanes of at least 4 members (excludes halogenated alkanes) is 2. The molecule has 1 fully saturated rings. The van der Waals surface area contributed by atoms with Crippen molar-refractivity contribution in [3.05, 3.63) is 58.7 Å². The van der Waals surface area contributed by atoms with E-state index in [4.69, 9.17) is 9.47 Å². The summed E-state index contributed by atoms with van der Waals surface area (Å²) in [4.78, 5) is 28.0. The van der Waals surface area contributed by atoms with Gasteiger partial charge in [0.15, 0.2) is 11.5 Å². The van der Waals surface area contributed by atoms with Crippen LogP contribution in [0.1, 0.15) is 76.6 Å². The van der Waals surface area contributed by atoms with E-state index < -0.39 is 17.7 Å². The lowest BCUT2D eigenvalue weighted by molar-refractivity contribution is -0.139. The van der Waals surface area contributed by atoms with Crippen LogP contribution >= 0.6 is 0 Å². The van der Waals surface area contributed by atoms with Gasteiger partial charge in [0.25, 0.3) is 11.7 Å². The van der Waals surface area contributed by atoms with Gasteiger partial charge in [-0.1, -0.05) is 46.6 Å². The minimum Gasteiger partial charge on any atom is -0.507 e. The molecule has 1 heterocycles. The molecule has 7 heteroatoms. The number of nitrogens with zero attached hydrogens (tertiary/aromatic N) is 1. The number of benzene rings is 2. The van der Waals surface area contributed by atoms with Crippen LogP contribution in [0.2, 0.25) is 0 Å². The summed E-state index contributed by atoms with van der Waals surface area (Å²) in [6.07, 6.45) is 2.60. The molecule has 0 spiro atoms. The summed E-state index contributed by atoms with van der Waals surface area (Å²) in [5.74, 6) is -0.713. The second kappa shape index (κ2) is 11.1. The Labute approximate surface area is 213 Å². The van der Waals surface area contributed by atoms with Crippen LogP contribution in [0.3, 0.4) is 0 Å². The molecular formula is C29H37NO6. The van der Waals surface area contributed by atoms with Gasteiger partial charge in [-0.05, 0) is 54.7 Å². The molecular weight excluding hydrogens is 458 g/mol. The number of ether oxygens (including phenoxy) is 2. The molecule has 1 unspecified atom stereocenters. The van der Waals surface area contributed by atoms with E-state index in [0.29, 0.717) is 30.0 Å². The number of aliphatic hydroxyl groups is 1. The maximum atomic E-state index is 13.3. The van der Waals surface area contributed by atoms with E-state index in [1.165, 1.54) is 11.0 Å². The van der Waals surface area contributed by atoms with Crippen LogP contribution in [0.15, 0.2) is 42.0 Å². The topological polar surface area (TPSA) is 96.3 Å². The maximum Gasteiger partial charge on any atom is 0.295 e. The summed E-state index contributed by atoms with van der Waals surface area (Å²) < 4.78 is 11.1. The highest BCUT2D eigenvalue weighted by molar-refractivity contribution is 6.46. The van der Waals surface area contributed by atoms with Crippen LogP contribution in [0.25, 0.3) is 5.76 Å². The fourth-order valence-corrected chi connectivity index (χ4v) is 4.56. The highest BCUT2D eigenvalue weighted by atomic mass is 16.5. The van der Waals surface area contributed by atoms with Gasteiger partial charge in [-0.25, -0.2) is 0 Å². The number of hydrogen-bond donors (Lipinski definition) is 2. The second-order valence-electron chi connectivity index (χ2n) is 10.0. The number of hydrogen-bond acceptors (Lipinski definition) is 6. The van der Waals surface area contributed by atoms with Crippen molar-refractivity contribution in [1.29, 1.82) is 0 Å². The number of ketones is 1.